The van der Waals surface area contributed by atoms with E-state index < -0.39 is 5.91 Å². The molecule has 2 amide bonds. The molecule has 33 heavy (non-hydrogen) atoms. The van der Waals surface area contributed by atoms with Crippen molar-refractivity contribution in [3.8, 4) is 5.75 Å². The first-order valence-corrected chi connectivity index (χ1v) is 11.0. The van der Waals surface area contributed by atoms with E-state index in [1.807, 2.05) is 49.2 Å². The molecule has 172 valence electrons. The van der Waals surface area contributed by atoms with Crippen molar-refractivity contribution < 1.29 is 19.5 Å². The van der Waals surface area contributed by atoms with Gasteiger partial charge in [-0.3, -0.25) is 24.7 Å². The number of pyridine rings is 1. The van der Waals surface area contributed by atoms with Crippen molar-refractivity contribution >= 4 is 22.7 Å². The van der Waals surface area contributed by atoms with E-state index in [0.29, 0.717) is 17.9 Å². The summed E-state index contributed by atoms with van der Waals surface area (Å²) in [7, 11) is 1.91. The van der Waals surface area contributed by atoms with E-state index in [0.717, 1.165) is 35.1 Å². The number of hydrogen-bond donors (Lipinski definition) is 3. The molecule has 4 rings (SSSR count). The lowest BCUT2D eigenvalue weighted by Crippen LogP contribution is -2.46. The fourth-order valence-corrected chi connectivity index (χ4v) is 4.35. The molecule has 0 radical (unpaired) electrons. The van der Waals surface area contributed by atoms with Gasteiger partial charge in [-0.1, -0.05) is 18.2 Å². The molecule has 2 heterocycles. The minimum atomic E-state index is -0.451. The molecular weight excluding hydrogens is 420 g/mol. The molecule has 3 N–H and O–H groups in total. The molecule has 1 aliphatic rings. The molecule has 2 aromatic carbocycles. The first kappa shape index (κ1) is 22.7. The number of nitrogens with zero attached hydrogens (tertiary/aromatic N) is 2. The Morgan fingerprint density at radius 3 is 2.70 bits per heavy atom. The van der Waals surface area contributed by atoms with E-state index in [2.05, 4.69) is 10.3 Å². The van der Waals surface area contributed by atoms with Crippen LogP contribution in [0.3, 0.4) is 0 Å². The van der Waals surface area contributed by atoms with Crippen molar-refractivity contribution in [3.63, 3.8) is 0 Å². The number of carbonyl (C=O) groups is 2. The van der Waals surface area contributed by atoms with E-state index in [1.165, 1.54) is 0 Å². The lowest BCUT2D eigenvalue weighted by Gasteiger charge is -2.25. The van der Waals surface area contributed by atoms with Crippen LogP contribution in [0.25, 0.3) is 10.9 Å². The van der Waals surface area contributed by atoms with Crippen LogP contribution in [0.2, 0.25) is 0 Å². The Morgan fingerprint density at radius 1 is 1.18 bits per heavy atom. The van der Waals surface area contributed by atoms with Crippen LogP contribution in [0.15, 0.2) is 54.6 Å². The summed E-state index contributed by atoms with van der Waals surface area (Å²) in [5.74, 6) is -0.0633. The van der Waals surface area contributed by atoms with Crippen LogP contribution < -0.4 is 15.5 Å². The molecule has 2 atom stereocenters. The van der Waals surface area contributed by atoms with Crippen molar-refractivity contribution in [2.75, 3.05) is 13.6 Å². The topological polar surface area (TPSA) is 104 Å². The van der Waals surface area contributed by atoms with E-state index in [9.17, 15) is 9.59 Å². The van der Waals surface area contributed by atoms with Gasteiger partial charge in [-0.2, -0.15) is 0 Å². The van der Waals surface area contributed by atoms with Crippen LogP contribution in [0.4, 0.5) is 0 Å². The zero-order valence-electron chi connectivity index (χ0n) is 18.7. The van der Waals surface area contributed by atoms with Gasteiger partial charge in [0.1, 0.15) is 12.4 Å². The first-order valence-electron chi connectivity index (χ1n) is 11.0. The third kappa shape index (κ3) is 5.30. The maximum absolute atomic E-state index is 12.8. The van der Waals surface area contributed by atoms with Crippen LogP contribution in [-0.2, 0) is 11.4 Å². The highest BCUT2D eigenvalue weighted by molar-refractivity contribution is 5.94. The maximum Gasteiger partial charge on any atom is 0.252 e. The van der Waals surface area contributed by atoms with Crippen LogP contribution in [0, 0.1) is 12.8 Å². The van der Waals surface area contributed by atoms with Crippen molar-refractivity contribution in [3.05, 3.63) is 71.4 Å². The van der Waals surface area contributed by atoms with Gasteiger partial charge in [-0.15, -0.1) is 0 Å². The summed E-state index contributed by atoms with van der Waals surface area (Å²) in [6.45, 7) is 3.13. The monoisotopic (exact) mass is 448 g/mol. The van der Waals surface area contributed by atoms with Crippen LogP contribution >= 0.6 is 0 Å². The van der Waals surface area contributed by atoms with Gasteiger partial charge in [0.25, 0.3) is 5.91 Å². The summed E-state index contributed by atoms with van der Waals surface area (Å²) in [6.07, 6.45) is 0.654. The Hall–Kier alpha value is -3.49. The molecular formula is C25H28N4O4. The lowest BCUT2D eigenvalue weighted by molar-refractivity contribution is -0.130. The summed E-state index contributed by atoms with van der Waals surface area (Å²) in [4.78, 5) is 30.9. The Morgan fingerprint density at radius 2 is 1.94 bits per heavy atom. The predicted molar refractivity (Wildman–Crippen MR) is 124 cm³/mol. The molecule has 1 fully saturated rings. The van der Waals surface area contributed by atoms with Crippen molar-refractivity contribution in [2.45, 2.75) is 32.5 Å². The number of para-hydroxylation sites is 1. The van der Waals surface area contributed by atoms with Gasteiger partial charge in [0.15, 0.2) is 0 Å². The average Bonchev–Trinajstić information content (AvgIpc) is 3.16. The third-order valence-corrected chi connectivity index (χ3v) is 6.07. The summed E-state index contributed by atoms with van der Waals surface area (Å²) in [5.41, 5.74) is 5.11. The number of fused-ring (bicyclic) bond motifs is 1. The fraction of sp³-hybridized carbons (Fsp3) is 0.320. The standard InChI is InChI=1S/C25H28N4O4/c1-16-13-19(21-5-3-4-6-22(21)26-16)15-33-20-9-7-17(8-10-20)25(31)27-24-18(11-12-29(24)2)14-23(30)28-32/h3-10,13,18,24,32H,11-12,14-15H2,1-2H3,(H,27,31)(H,28,30)/t18-,24?/m1/s1. The summed E-state index contributed by atoms with van der Waals surface area (Å²) in [6, 6.07) is 17.0. The van der Waals surface area contributed by atoms with E-state index in [4.69, 9.17) is 9.94 Å². The van der Waals surface area contributed by atoms with Crippen molar-refractivity contribution in [1.82, 2.24) is 20.7 Å². The largest absolute Gasteiger partial charge is 0.489 e. The quantitative estimate of drug-likeness (QED) is 0.379. The van der Waals surface area contributed by atoms with Gasteiger partial charge in [0.2, 0.25) is 5.91 Å². The predicted octanol–water partition coefficient (Wildman–Crippen LogP) is 3.03. The molecule has 3 aromatic rings. The highest BCUT2D eigenvalue weighted by Gasteiger charge is 2.34. The van der Waals surface area contributed by atoms with E-state index in [-0.39, 0.29) is 24.4 Å². The summed E-state index contributed by atoms with van der Waals surface area (Å²) < 4.78 is 5.98. The number of hydroxylamine groups is 1. The summed E-state index contributed by atoms with van der Waals surface area (Å²) >= 11 is 0. The molecule has 8 nitrogen and oxygen atoms in total. The molecule has 8 heteroatoms. The third-order valence-electron chi connectivity index (χ3n) is 6.07. The molecule has 1 unspecified atom stereocenters. The number of aryl methyl sites for hydroxylation is 1. The van der Waals surface area contributed by atoms with Crippen molar-refractivity contribution in [1.29, 1.82) is 0 Å². The summed E-state index contributed by atoms with van der Waals surface area (Å²) in [5, 5.41) is 12.9. The number of benzene rings is 2. The van der Waals surface area contributed by atoms with Crippen LogP contribution in [-0.4, -0.2) is 46.7 Å². The van der Waals surface area contributed by atoms with Gasteiger partial charge < -0.3 is 10.1 Å². The average molecular weight is 449 g/mol. The minimum absolute atomic E-state index is 0.0626. The first-order chi connectivity index (χ1) is 15.9. The normalized spacial score (nSPS) is 18.3. The van der Waals surface area contributed by atoms with Crippen LogP contribution in [0.1, 0.15) is 34.5 Å². The molecule has 1 aliphatic heterocycles. The van der Waals surface area contributed by atoms with E-state index >= 15 is 0 Å². The number of ether oxygens (including phenoxy) is 1. The van der Waals surface area contributed by atoms with Gasteiger partial charge in [0.05, 0.1) is 11.7 Å². The van der Waals surface area contributed by atoms with Gasteiger partial charge >= 0.3 is 0 Å². The molecule has 1 aromatic heterocycles. The highest BCUT2D eigenvalue weighted by atomic mass is 16.5. The van der Waals surface area contributed by atoms with E-state index in [1.54, 1.807) is 29.7 Å². The fourth-order valence-electron chi connectivity index (χ4n) is 4.35. The van der Waals surface area contributed by atoms with Crippen LogP contribution in [0.5, 0.6) is 5.75 Å². The smallest absolute Gasteiger partial charge is 0.252 e. The minimum Gasteiger partial charge on any atom is -0.489 e. The number of nitrogens with one attached hydrogen (secondary N) is 2. The Kier molecular flexibility index (Phi) is 6.86. The number of amides is 2. The second-order valence-electron chi connectivity index (χ2n) is 8.44. The highest BCUT2D eigenvalue weighted by Crippen LogP contribution is 2.25. The number of aromatic nitrogens is 1. The van der Waals surface area contributed by atoms with Crippen molar-refractivity contribution in [2.24, 2.45) is 5.92 Å². The molecule has 0 spiro atoms. The molecule has 1 saturated heterocycles. The zero-order valence-corrected chi connectivity index (χ0v) is 18.7. The second-order valence-corrected chi connectivity index (χ2v) is 8.44. The molecule has 0 aliphatic carbocycles. The Labute approximate surface area is 192 Å². The Bertz CT molecular complexity index is 1150. The molecule has 0 saturated carbocycles. The molecule has 0 bridgehead atoms. The number of carbonyl (C=O) groups excluding carboxylic acids is 2. The maximum atomic E-state index is 12.8. The number of likely N-dealkylation sites (tertiary alicyclic amines) is 1. The zero-order chi connectivity index (χ0) is 23.4. The number of hydrogen-bond acceptors (Lipinski definition) is 6. The van der Waals surface area contributed by atoms with Gasteiger partial charge in [-0.05, 0) is 56.8 Å². The number of rotatable bonds is 7. The van der Waals surface area contributed by atoms with Gasteiger partial charge in [-0.25, -0.2) is 5.48 Å². The van der Waals surface area contributed by atoms with Gasteiger partial charge in [0, 0.05) is 41.1 Å². The lowest BCUT2D eigenvalue weighted by atomic mass is 10.0. The second kappa shape index (κ2) is 9.97. The SMILES string of the molecule is Cc1cc(COc2ccc(C(=O)NC3[C@@H](CC(=O)NO)CCN3C)cc2)c2ccccc2n1. The Balaban J connectivity index is 1.39.